The fourth-order valence-electron chi connectivity index (χ4n) is 13.2. The molecular formula is C64H38Sb2. The minimum atomic E-state index is -1.21. The number of benzene rings is 12. The van der Waals surface area contributed by atoms with Gasteiger partial charge in [-0.2, -0.15) is 0 Å². The van der Waals surface area contributed by atoms with Crippen molar-refractivity contribution in [2.24, 2.45) is 0 Å². The van der Waals surface area contributed by atoms with E-state index in [1.54, 1.807) is 33.4 Å². The summed E-state index contributed by atoms with van der Waals surface area (Å²) in [4.78, 5) is 0. The Morgan fingerprint density at radius 1 is 0.212 bits per heavy atom. The first-order valence-corrected chi connectivity index (χ1v) is 34.6. The van der Waals surface area contributed by atoms with Gasteiger partial charge in [-0.15, -0.1) is 0 Å². The second kappa shape index (κ2) is 13.3. The molecule has 0 nitrogen and oxygen atoms in total. The molecule has 18 rings (SSSR count). The molecule has 6 aliphatic carbocycles. The third-order valence-electron chi connectivity index (χ3n) is 16.1. The average molecular weight is 1050 g/mol. The van der Waals surface area contributed by atoms with Gasteiger partial charge in [0.2, 0.25) is 0 Å². The molecule has 0 saturated heterocycles. The van der Waals surface area contributed by atoms with Gasteiger partial charge in [0.1, 0.15) is 0 Å². The maximum absolute atomic E-state index is 2.67. The summed E-state index contributed by atoms with van der Waals surface area (Å²) < 4.78 is -0.426. The predicted molar refractivity (Wildman–Crippen MR) is 277 cm³/mol. The van der Waals surface area contributed by atoms with Gasteiger partial charge >= 0.3 is 402 Å². The molecule has 2 heteroatoms. The molecule has 0 heterocycles. The van der Waals surface area contributed by atoms with Crippen LogP contribution in [-0.4, -0.2) is 33.7 Å². The van der Waals surface area contributed by atoms with Crippen LogP contribution in [0.25, 0.3) is 64.6 Å². The normalized spacial score (nSPS) is 20.5. The molecule has 304 valence electrons. The SMILES string of the molecule is c1ccc2cc3c(cc2c1)C1c2cc4ccccc4cc2[C]3([Sb]=[Sb][C]23c4cc5ccccc5cc4C(c4cc5ccccc5cc42)c2cc4ccccc4cc23)c2cc3ccccc3cc21. The molecule has 0 N–H and O–H groups in total. The summed E-state index contributed by atoms with van der Waals surface area (Å²) in [6.45, 7) is 0. The van der Waals surface area contributed by atoms with Gasteiger partial charge in [0.15, 0.2) is 0 Å². The maximum atomic E-state index is 2.67. The number of hydrogen-bond acceptors (Lipinski definition) is 0. The third-order valence-corrected chi connectivity index (χ3v) is 35.6. The van der Waals surface area contributed by atoms with E-state index in [2.05, 4.69) is 218 Å². The van der Waals surface area contributed by atoms with Crippen molar-refractivity contribution in [1.29, 1.82) is 0 Å². The van der Waals surface area contributed by atoms with E-state index in [1.165, 1.54) is 98.0 Å². The van der Waals surface area contributed by atoms with E-state index in [0.29, 0.717) is 0 Å². The van der Waals surface area contributed by atoms with Crippen LogP contribution >= 0.6 is 0 Å². The van der Waals surface area contributed by atoms with Gasteiger partial charge in [0, 0.05) is 0 Å². The Bertz CT molecular complexity index is 3520. The Hall–Kier alpha value is -6.16. The molecule has 0 unspecified atom stereocenters. The quantitative estimate of drug-likeness (QED) is 0.151. The molecule has 0 atom stereocenters. The van der Waals surface area contributed by atoms with Gasteiger partial charge in [-0.1, -0.05) is 0 Å². The van der Waals surface area contributed by atoms with E-state index < -0.39 is 33.7 Å². The zero-order valence-electron chi connectivity index (χ0n) is 35.8. The van der Waals surface area contributed by atoms with Crippen molar-refractivity contribution >= 4 is 98.3 Å². The summed E-state index contributed by atoms with van der Waals surface area (Å²) in [6, 6.07) is 86.6. The molecule has 0 spiro atoms. The summed E-state index contributed by atoms with van der Waals surface area (Å²) in [5, 5.41) is 16.2. The number of hydrogen-bond donors (Lipinski definition) is 0. The number of fused-ring (bicyclic) bond motifs is 6. The Kier molecular flexibility index (Phi) is 7.43. The Balaban J connectivity index is 1.10. The Morgan fingerprint density at radius 2 is 0.364 bits per heavy atom. The van der Waals surface area contributed by atoms with Gasteiger partial charge < -0.3 is 0 Å². The van der Waals surface area contributed by atoms with Crippen LogP contribution in [0, 0.1) is 0 Å². The van der Waals surface area contributed by atoms with Gasteiger partial charge in [-0.05, 0) is 0 Å². The zero-order valence-corrected chi connectivity index (χ0v) is 40.9. The van der Waals surface area contributed by atoms with Gasteiger partial charge in [0.05, 0.1) is 0 Å². The first kappa shape index (κ1) is 37.0. The fraction of sp³-hybridized carbons (Fsp3) is 0.0625. The van der Waals surface area contributed by atoms with Gasteiger partial charge in [-0.25, -0.2) is 0 Å². The van der Waals surface area contributed by atoms with E-state index in [9.17, 15) is 0 Å². The third kappa shape index (κ3) is 4.73. The van der Waals surface area contributed by atoms with Crippen molar-refractivity contribution in [2.45, 2.75) is 18.6 Å². The summed E-state index contributed by atoms with van der Waals surface area (Å²) in [5.74, 6) is 0.360. The van der Waals surface area contributed by atoms with Crippen LogP contribution in [0.15, 0.2) is 218 Å². The van der Waals surface area contributed by atoms with Crippen LogP contribution in [0.3, 0.4) is 0 Å². The van der Waals surface area contributed by atoms with Crippen molar-refractivity contribution in [3.05, 3.63) is 285 Å². The topological polar surface area (TPSA) is 0 Å². The summed E-state index contributed by atoms with van der Waals surface area (Å²) in [6.07, 6.45) is 0. The molecule has 4 bridgehead atoms. The first-order chi connectivity index (χ1) is 32.6. The molecule has 0 aliphatic heterocycles. The molecule has 12 aromatic rings. The van der Waals surface area contributed by atoms with E-state index in [4.69, 9.17) is 0 Å². The van der Waals surface area contributed by atoms with Crippen LogP contribution in [0.5, 0.6) is 0 Å². The van der Waals surface area contributed by atoms with E-state index in [0.717, 1.165) is 0 Å². The van der Waals surface area contributed by atoms with Crippen LogP contribution in [-0.2, 0) is 6.72 Å². The second-order valence-corrected chi connectivity index (χ2v) is 31.8. The summed E-state index contributed by atoms with van der Waals surface area (Å²) >= 11 is -2.42. The van der Waals surface area contributed by atoms with Crippen molar-refractivity contribution in [2.75, 3.05) is 0 Å². The molecular weight excluding hydrogens is 1010 g/mol. The Labute approximate surface area is 398 Å². The van der Waals surface area contributed by atoms with Gasteiger partial charge in [-0.3, -0.25) is 0 Å². The monoisotopic (exact) mass is 1050 g/mol. The fourth-order valence-corrected chi connectivity index (χ4v) is 37.3. The first-order valence-electron chi connectivity index (χ1n) is 23.3. The molecule has 0 aromatic heterocycles. The minimum absolute atomic E-state index is 0.180. The van der Waals surface area contributed by atoms with E-state index in [-0.39, 0.29) is 18.6 Å². The molecule has 66 heavy (non-hydrogen) atoms. The number of rotatable bonds is 2. The van der Waals surface area contributed by atoms with Crippen LogP contribution in [0.4, 0.5) is 0 Å². The summed E-state index contributed by atoms with van der Waals surface area (Å²) in [5.41, 5.74) is 18.7. The molecule has 0 fully saturated rings. The van der Waals surface area contributed by atoms with Crippen molar-refractivity contribution in [1.82, 2.24) is 0 Å². The van der Waals surface area contributed by atoms with Crippen LogP contribution in [0.2, 0.25) is 0 Å². The molecule has 6 aliphatic rings. The van der Waals surface area contributed by atoms with Crippen molar-refractivity contribution in [3.8, 4) is 0 Å². The van der Waals surface area contributed by atoms with Crippen LogP contribution in [0.1, 0.15) is 78.6 Å². The second-order valence-electron chi connectivity index (χ2n) is 19.2. The van der Waals surface area contributed by atoms with Crippen LogP contribution < -0.4 is 0 Å². The molecule has 0 amide bonds. The predicted octanol–water partition coefficient (Wildman–Crippen LogP) is 14.8. The average Bonchev–Trinajstić information content (AvgIpc) is 3.37. The summed E-state index contributed by atoms with van der Waals surface area (Å²) in [7, 11) is 0. The van der Waals surface area contributed by atoms with Gasteiger partial charge in [0.25, 0.3) is 0 Å². The van der Waals surface area contributed by atoms with E-state index in [1.807, 2.05) is 0 Å². The molecule has 0 radical (unpaired) electrons. The zero-order chi connectivity index (χ0) is 42.9. The van der Waals surface area contributed by atoms with Crippen molar-refractivity contribution in [3.63, 3.8) is 0 Å². The van der Waals surface area contributed by atoms with Crippen molar-refractivity contribution < 1.29 is 0 Å². The standard InChI is InChI=1S/2C32H19.2Sb/c2*1-2-8-20-14-26-25(13-19(20)7-1)31-27-15-21-9-3-5-11-23(21)17-29(27)32(26)30-18-24-12-6-4-10-22(24)16-28(30)31;;/h2*1-18,31H;;. The molecule has 12 aromatic carbocycles. The Morgan fingerprint density at radius 3 is 0.530 bits per heavy atom. The molecule has 0 saturated carbocycles. The van der Waals surface area contributed by atoms with E-state index >= 15 is 0 Å².